The Hall–Kier alpha value is -5.48. The first-order valence-corrected chi connectivity index (χ1v) is 17.0. The summed E-state index contributed by atoms with van der Waals surface area (Å²) in [5.74, 6) is 1.73. The highest BCUT2D eigenvalue weighted by atomic mass is 16.5. The van der Waals surface area contributed by atoms with E-state index in [2.05, 4.69) is 118 Å². The van der Waals surface area contributed by atoms with Gasteiger partial charge in [-0.1, -0.05) is 67.8 Å². The van der Waals surface area contributed by atoms with E-state index in [0.29, 0.717) is 0 Å². The molecule has 0 spiro atoms. The molecule has 0 unspecified atom stereocenters. The van der Waals surface area contributed by atoms with Crippen LogP contribution in [0.3, 0.4) is 0 Å². The van der Waals surface area contributed by atoms with Crippen molar-refractivity contribution in [3.8, 4) is 22.9 Å². The van der Waals surface area contributed by atoms with Gasteiger partial charge >= 0.3 is 0 Å². The minimum Gasteiger partial charge on any atom is -0.497 e. The minimum atomic E-state index is -0.0483. The van der Waals surface area contributed by atoms with E-state index in [0.717, 1.165) is 35.7 Å². The fourth-order valence-electron chi connectivity index (χ4n) is 8.46. The summed E-state index contributed by atoms with van der Waals surface area (Å²) >= 11 is 0. The van der Waals surface area contributed by atoms with Crippen LogP contribution in [0.5, 0.6) is 11.5 Å². The zero-order valence-corrected chi connectivity index (χ0v) is 27.4. The van der Waals surface area contributed by atoms with Crippen LogP contribution in [-0.4, -0.2) is 23.4 Å². The van der Waals surface area contributed by atoms with Crippen molar-refractivity contribution in [2.75, 3.05) is 14.2 Å². The molecule has 4 nitrogen and oxygen atoms in total. The summed E-state index contributed by atoms with van der Waals surface area (Å²) in [5.41, 5.74) is 9.98. The van der Waals surface area contributed by atoms with E-state index in [4.69, 9.17) is 9.47 Å². The molecule has 1 aliphatic rings. The third-order valence-electron chi connectivity index (χ3n) is 10.8. The molecule has 1 saturated carbocycles. The number of rotatable bonds is 6. The van der Waals surface area contributed by atoms with E-state index in [9.17, 15) is 0 Å². The molecule has 0 saturated heterocycles. The Labute approximate surface area is 280 Å². The Morgan fingerprint density at radius 2 is 0.854 bits per heavy atom. The van der Waals surface area contributed by atoms with Crippen molar-refractivity contribution in [1.82, 2.24) is 9.13 Å². The minimum absolute atomic E-state index is 0.0483. The van der Waals surface area contributed by atoms with Crippen molar-refractivity contribution in [3.63, 3.8) is 0 Å². The van der Waals surface area contributed by atoms with Crippen LogP contribution >= 0.6 is 0 Å². The predicted molar refractivity (Wildman–Crippen MR) is 199 cm³/mol. The quantitative estimate of drug-likeness (QED) is 0.184. The van der Waals surface area contributed by atoms with Crippen LogP contribution in [0.2, 0.25) is 0 Å². The zero-order valence-electron chi connectivity index (χ0n) is 27.4. The molecule has 2 heterocycles. The molecule has 236 valence electrons. The van der Waals surface area contributed by atoms with Gasteiger partial charge in [0.15, 0.2) is 0 Å². The molecule has 0 amide bonds. The van der Waals surface area contributed by atoms with E-state index < -0.39 is 0 Å². The molecule has 9 rings (SSSR count). The topological polar surface area (TPSA) is 28.3 Å². The number of hydrogen-bond donors (Lipinski definition) is 0. The molecule has 1 aliphatic carbocycles. The summed E-state index contributed by atoms with van der Waals surface area (Å²) < 4.78 is 15.7. The van der Waals surface area contributed by atoms with Gasteiger partial charge in [-0.05, 0) is 109 Å². The van der Waals surface area contributed by atoms with Crippen molar-refractivity contribution < 1.29 is 9.47 Å². The molecule has 0 atom stereocenters. The highest BCUT2D eigenvalue weighted by molar-refractivity contribution is 6.10. The maximum Gasteiger partial charge on any atom is 0.119 e. The van der Waals surface area contributed by atoms with Crippen LogP contribution in [0.4, 0.5) is 0 Å². The van der Waals surface area contributed by atoms with E-state index in [1.54, 1.807) is 14.2 Å². The number of ether oxygens (including phenoxy) is 2. The van der Waals surface area contributed by atoms with Crippen molar-refractivity contribution >= 4 is 43.6 Å². The summed E-state index contributed by atoms with van der Waals surface area (Å²) in [6.45, 7) is 0. The average Bonchev–Trinajstić information content (AvgIpc) is 3.67. The predicted octanol–water partition coefficient (Wildman–Crippen LogP) is 11.1. The summed E-state index contributed by atoms with van der Waals surface area (Å²) in [7, 11) is 3.43. The lowest BCUT2D eigenvalue weighted by molar-refractivity contribution is 0.346. The standard InChI is InChI=1S/C44H38N2O2/c1-47-34-20-16-32(17-21-34)45-40-12-6-4-10-36(40)38-28-30(14-24-42(38)45)44(26-8-3-9-27-44)31-15-25-43-39(29-31)37-11-5-7-13-41(37)46(43)33-18-22-35(48-2)23-19-33/h4-7,10-25,28-29H,3,8-9,26-27H2,1-2H3. The Kier molecular flexibility index (Phi) is 6.79. The van der Waals surface area contributed by atoms with Crippen LogP contribution in [0.15, 0.2) is 133 Å². The maximum absolute atomic E-state index is 5.47. The molecular weight excluding hydrogens is 588 g/mol. The van der Waals surface area contributed by atoms with Crippen LogP contribution in [0, 0.1) is 0 Å². The smallest absolute Gasteiger partial charge is 0.119 e. The first kappa shape index (κ1) is 28.7. The molecule has 0 radical (unpaired) electrons. The van der Waals surface area contributed by atoms with Crippen LogP contribution in [0.1, 0.15) is 43.2 Å². The monoisotopic (exact) mass is 626 g/mol. The van der Waals surface area contributed by atoms with Gasteiger partial charge in [0.25, 0.3) is 0 Å². The van der Waals surface area contributed by atoms with Crippen molar-refractivity contribution in [1.29, 1.82) is 0 Å². The van der Waals surface area contributed by atoms with Gasteiger partial charge in [-0.15, -0.1) is 0 Å². The first-order chi connectivity index (χ1) is 23.7. The van der Waals surface area contributed by atoms with Gasteiger partial charge in [0.1, 0.15) is 11.5 Å². The number of para-hydroxylation sites is 2. The normalized spacial score (nSPS) is 14.6. The van der Waals surface area contributed by atoms with Gasteiger partial charge < -0.3 is 18.6 Å². The second-order valence-electron chi connectivity index (χ2n) is 13.2. The van der Waals surface area contributed by atoms with Crippen LogP contribution in [0.25, 0.3) is 55.0 Å². The summed E-state index contributed by atoms with van der Waals surface area (Å²) in [6, 6.07) is 49.0. The Morgan fingerprint density at radius 3 is 1.29 bits per heavy atom. The van der Waals surface area contributed by atoms with Crippen molar-refractivity contribution in [3.05, 3.63) is 145 Å². The second kappa shape index (κ2) is 11.3. The second-order valence-corrected chi connectivity index (χ2v) is 13.2. The van der Waals surface area contributed by atoms with Gasteiger partial charge in [0, 0.05) is 38.3 Å². The molecule has 6 aromatic carbocycles. The largest absolute Gasteiger partial charge is 0.497 e. The zero-order chi connectivity index (χ0) is 32.2. The molecule has 0 bridgehead atoms. The van der Waals surface area contributed by atoms with E-state index >= 15 is 0 Å². The lowest BCUT2D eigenvalue weighted by Crippen LogP contribution is -2.30. The lowest BCUT2D eigenvalue weighted by Gasteiger charge is -2.39. The molecule has 1 fully saturated rings. The molecule has 0 aliphatic heterocycles. The van der Waals surface area contributed by atoms with Gasteiger partial charge in [-0.25, -0.2) is 0 Å². The SMILES string of the molecule is COc1ccc(-n2c3ccccc3c3cc(C4(c5ccc6c(c5)c5ccccc5n6-c5ccc(OC)cc5)CCCCC4)ccc32)cc1. The Bertz CT molecular complexity index is 2270. The first-order valence-electron chi connectivity index (χ1n) is 17.0. The summed E-state index contributed by atoms with van der Waals surface area (Å²) in [6.07, 6.45) is 6.06. The highest BCUT2D eigenvalue weighted by Crippen LogP contribution is 2.48. The molecular formula is C44H38N2O2. The van der Waals surface area contributed by atoms with E-state index in [1.807, 2.05) is 24.3 Å². The van der Waals surface area contributed by atoms with Gasteiger partial charge in [0.2, 0.25) is 0 Å². The number of hydrogen-bond acceptors (Lipinski definition) is 2. The van der Waals surface area contributed by atoms with Crippen LogP contribution < -0.4 is 9.47 Å². The Balaban J connectivity index is 1.24. The number of nitrogens with zero attached hydrogens (tertiary/aromatic N) is 2. The molecule has 4 heteroatoms. The molecule has 48 heavy (non-hydrogen) atoms. The van der Waals surface area contributed by atoms with Gasteiger partial charge in [-0.3, -0.25) is 0 Å². The van der Waals surface area contributed by atoms with Gasteiger partial charge in [0.05, 0.1) is 36.3 Å². The third-order valence-corrected chi connectivity index (χ3v) is 10.8. The number of fused-ring (bicyclic) bond motifs is 6. The van der Waals surface area contributed by atoms with Crippen molar-refractivity contribution in [2.45, 2.75) is 37.5 Å². The molecule has 0 N–H and O–H groups in total. The summed E-state index contributed by atoms with van der Waals surface area (Å²) in [4.78, 5) is 0. The number of methoxy groups -OCH3 is 2. The van der Waals surface area contributed by atoms with Gasteiger partial charge in [-0.2, -0.15) is 0 Å². The Morgan fingerprint density at radius 1 is 0.438 bits per heavy atom. The number of benzene rings is 6. The fourth-order valence-corrected chi connectivity index (χ4v) is 8.46. The van der Waals surface area contributed by atoms with E-state index in [-0.39, 0.29) is 5.41 Å². The maximum atomic E-state index is 5.47. The fraction of sp³-hybridized carbons (Fsp3) is 0.182. The molecule has 2 aromatic heterocycles. The third kappa shape index (κ3) is 4.36. The van der Waals surface area contributed by atoms with E-state index in [1.165, 1.54) is 74.0 Å². The van der Waals surface area contributed by atoms with Crippen LogP contribution in [-0.2, 0) is 5.41 Å². The lowest BCUT2D eigenvalue weighted by atomic mass is 9.65. The van der Waals surface area contributed by atoms with Crippen molar-refractivity contribution in [2.24, 2.45) is 0 Å². The molecule has 8 aromatic rings. The summed E-state index contributed by atoms with van der Waals surface area (Å²) in [5, 5.41) is 5.19. The average molecular weight is 627 g/mol. The highest BCUT2D eigenvalue weighted by Gasteiger charge is 2.36. The number of aromatic nitrogens is 2.